The SMILES string of the molecule is O=C1CCC(CCCCCS(=O)(=O)NC2(c3cccc(OCC4CC4)c3)CC2)C(=O)N1. The number of ether oxygens (including phenoxy) is 1. The summed E-state index contributed by atoms with van der Waals surface area (Å²) in [7, 11) is -3.39. The normalized spacial score (nSPS) is 22.8. The summed E-state index contributed by atoms with van der Waals surface area (Å²) in [6.07, 6.45) is 7.84. The summed E-state index contributed by atoms with van der Waals surface area (Å²) in [6, 6.07) is 7.80. The predicted molar refractivity (Wildman–Crippen MR) is 117 cm³/mol. The third-order valence-electron chi connectivity index (χ3n) is 6.49. The first kappa shape index (κ1) is 22.3. The van der Waals surface area contributed by atoms with E-state index in [-0.39, 0.29) is 23.5 Å². The molecule has 170 valence electrons. The summed E-state index contributed by atoms with van der Waals surface area (Å²) < 4.78 is 34.1. The fraction of sp³-hybridized carbons (Fsp3) is 0.652. The van der Waals surface area contributed by atoms with Gasteiger partial charge in [0.2, 0.25) is 21.8 Å². The van der Waals surface area contributed by atoms with Crippen molar-refractivity contribution in [3.8, 4) is 5.75 Å². The number of rotatable bonds is 12. The van der Waals surface area contributed by atoms with Gasteiger partial charge in [0.25, 0.3) is 0 Å². The second kappa shape index (κ2) is 9.28. The Morgan fingerprint density at radius 2 is 1.90 bits per heavy atom. The Kier molecular flexibility index (Phi) is 6.67. The van der Waals surface area contributed by atoms with Gasteiger partial charge in [-0.3, -0.25) is 14.9 Å². The fourth-order valence-corrected chi connectivity index (χ4v) is 5.78. The van der Waals surface area contributed by atoms with Gasteiger partial charge in [0.05, 0.1) is 17.9 Å². The maximum absolute atomic E-state index is 12.7. The predicted octanol–water partition coefficient (Wildman–Crippen LogP) is 3.00. The van der Waals surface area contributed by atoms with Crippen LogP contribution in [0.5, 0.6) is 5.75 Å². The number of imide groups is 1. The number of unbranched alkanes of at least 4 members (excludes halogenated alkanes) is 2. The number of benzene rings is 1. The average Bonchev–Trinajstić information content (AvgIpc) is 3.64. The molecule has 2 aliphatic carbocycles. The Balaban J connectivity index is 1.21. The standard InChI is InChI=1S/C23H32N2O5S/c26-21-11-10-18(22(27)24-21)5-2-1-3-14-31(28,29)25-23(12-13-23)19-6-4-7-20(15-19)30-16-17-8-9-17/h4,6-7,15,17-18,25H,1-3,5,8-14,16H2,(H,24,26,27). The highest BCUT2D eigenvalue weighted by Gasteiger charge is 2.47. The maximum Gasteiger partial charge on any atom is 0.229 e. The van der Waals surface area contributed by atoms with Gasteiger partial charge in [-0.25, -0.2) is 13.1 Å². The van der Waals surface area contributed by atoms with Crippen LogP contribution in [0.1, 0.15) is 69.8 Å². The van der Waals surface area contributed by atoms with Crippen molar-refractivity contribution in [2.75, 3.05) is 12.4 Å². The first-order valence-corrected chi connectivity index (χ1v) is 13.1. The Bertz CT molecular complexity index is 922. The number of carbonyl (C=O) groups is 2. The molecule has 4 rings (SSSR count). The summed E-state index contributed by atoms with van der Waals surface area (Å²) in [5.74, 6) is 1.05. The van der Waals surface area contributed by atoms with E-state index in [9.17, 15) is 18.0 Å². The Hall–Kier alpha value is -1.93. The van der Waals surface area contributed by atoms with Gasteiger partial charge in [-0.1, -0.05) is 25.0 Å². The molecule has 2 N–H and O–H groups in total. The first-order valence-electron chi connectivity index (χ1n) is 11.4. The monoisotopic (exact) mass is 448 g/mol. The summed E-state index contributed by atoms with van der Waals surface area (Å²) in [5, 5.41) is 2.37. The van der Waals surface area contributed by atoms with Crippen LogP contribution in [0.15, 0.2) is 24.3 Å². The van der Waals surface area contributed by atoms with Gasteiger partial charge in [0.1, 0.15) is 5.75 Å². The number of sulfonamides is 1. The zero-order valence-corrected chi connectivity index (χ0v) is 18.7. The Morgan fingerprint density at radius 3 is 2.61 bits per heavy atom. The smallest absolute Gasteiger partial charge is 0.229 e. The summed E-state index contributed by atoms with van der Waals surface area (Å²) in [6.45, 7) is 0.737. The minimum Gasteiger partial charge on any atom is -0.493 e. The molecule has 1 unspecified atom stereocenters. The molecule has 3 fully saturated rings. The topological polar surface area (TPSA) is 102 Å². The molecule has 1 aromatic rings. The van der Waals surface area contributed by atoms with Crippen LogP contribution in [0.3, 0.4) is 0 Å². The molecule has 1 atom stereocenters. The van der Waals surface area contributed by atoms with Crippen molar-refractivity contribution in [3.05, 3.63) is 29.8 Å². The number of carbonyl (C=O) groups excluding carboxylic acids is 2. The molecule has 0 spiro atoms. The highest BCUT2D eigenvalue weighted by atomic mass is 32.2. The van der Waals surface area contributed by atoms with E-state index in [1.165, 1.54) is 12.8 Å². The second-order valence-corrected chi connectivity index (χ2v) is 11.1. The number of amides is 2. The molecule has 8 heteroatoms. The van der Waals surface area contributed by atoms with Crippen LogP contribution in [-0.2, 0) is 25.2 Å². The zero-order chi connectivity index (χ0) is 21.9. The van der Waals surface area contributed by atoms with Crippen LogP contribution >= 0.6 is 0 Å². The molecule has 2 amide bonds. The van der Waals surface area contributed by atoms with E-state index in [0.717, 1.165) is 43.6 Å². The number of hydrogen-bond donors (Lipinski definition) is 2. The van der Waals surface area contributed by atoms with Gasteiger partial charge in [-0.15, -0.1) is 0 Å². The highest BCUT2D eigenvalue weighted by Crippen LogP contribution is 2.47. The van der Waals surface area contributed by atoms with Crippen LogP contribution in [0.2, 0.25) is 0 Å². The third kappa shape index (κ3) is 6.29. The second-order valence-electron chi connectivity index (χ2n) is 9.28. The van der Waals surface area contributed by atoms with Crippen molar-refractivity contribution in [2.24, 2.45) is 11.8 Å². The van der Waals surface area contributed by atoms with Crippen LogP contribution in [0.25, 0.3) is 0 Å². The molecule has 31 heavy (non-hydrogen) atoms. The summed E-state index contributed by atoms with van der Waals surface area (Å²) in [5.41, 5.74) is 0.479. The van der Waals surface area contributed by atoms with Crippen molar-refractivity contribution in [2.45, 2.75) is 69.7 Å². The third-order valence-corrected chi connectivity index (χ3v) is 8.02. The van der Waals surface area contributed by atoms with E-state index in [2.05, 4.69) is 10.0 Å². The van der Waals surface area contributed by atoms with E-state index in [1.807, 2.05) is 24.3 Å². The zero-order valence-electron chi connectivity index (χ0n) is 17.9. The molecular weight excluding hydrogens is 416 g/mol. The quantitative estimate of drug-likeness (QED) is 0.378. The Morgan fingerprint density at radius 1 is 1.10 bits per heavy atom. The van der Waals surface area contributed by atoms with Gasteiger partial charge in [-0.05, 0) is 68.6 Å². The van der Waals surface area contributed by atoms with Crippen molar-refractivity contribution >= 4 is 21.8 Å². The molecule has 1 saturated heterocycles. The number of hydrogen-bond acceptors (Lipinski definition) is 5. The molecule has 1 aromatic carbocycles. The fourth-order valence-electron chi connectivity index (χ4n) is 4.18. The van der Waals surface area contributed by atoms with Crippen molar-refractivity contribution in [3.63, 3.8) is 0 Å². The lowest BCUT2D eigenvalue weighted by molar-refractivity contribution is -0.136. The van der Waals surface area contributed by atoms with E-state index < -0.39 is 15.6 Å². The van der Waals surface area contributed by atoms with Crippen LogP contribution in [0.4, 0.5) is 0 Å². The average molecular weight is 449 g/mol. The molecule has 1 aliphatic heterocycles. The first-order chi connectivity index (χ1) is 14.9. The van der Waals surface area contributed by atoms with Gasteiger partial charge in [-0.2, -0.15) is 0 Å². The molecule has 0 bridgehead atoms. The van der Waals surface area contributed by atoms with E-state index >= 15 is 0 Å². The van der Waals surface area contributed by atoms with Crippen LogP contribution in [0, 0.1) is 11.8 Å². The van der Waals surface area contributed by atoms with Crippen molar-refractivity contribution in [1.29, 1.82) is 0 Å². The minimum atomic E-state index is -3.39. The van der Waals surface area contributed by atoms with Crippen molar-refractivity contribution in [1.82, 2.24) is 10.0 Å². The largest absolute Gasteiger partial charge is 0.493 e. The number of piperidine rings is 1. The highest BCUT2D eigenvalue weighted by molar-refractivity contribution is 7.89. The molecule has 2 saturated carbocycles. The lowest BCUT2D eigenvalue weighted by atomic mass is 9.92. The van der Waals surface area contributed by atoms with Gasteiger partial charge >= 0.3 is 0 Å². The van der Waals surface area contributed by atoms with Gasteiger partial charge < -0.3 is 4.74 Å². The maximum atomic E-state index is 12.7. The molecule has 0 aromatic heterocycles. The Labute approximate surface area is 184 Å². The number of nitrogens with one attached hydrogen (secondary N) is 2. The van der Waals surface area contributed by atoms with E-state index in [1.54, 1.807) is 0 Å². The van der Waals surface area contributed by atoms with Crippen LogP contribution < -0.4 is 14.8 Å². The van der Waals surface area contributed by atoms with Crippen LogP contribution in [-0.4, -0.2) is 32.6 Å². The lowest BCUT2D eigenvalue weighted by Gasteiger charge is -2.20. The van der Waals surface area contributed by atoms with Crippen molar-refractivity contribution < 1.29 is 22.7 Å². The van der Waals surface area contributed by atoms with E-state index in [4.69, 9.17) is 4.74 Å². The summed E-state index contributed by atoms with van der Waals surface area (Å²) in [4.78, 5) is 23.0. The molecule has 3 aliphatic rings. The molecule has 7 nitrogen and oxygen atoms in total. The van der Waals surface area contributed by atoms with Gasteiger partial charge in [0.15, 0.2) is 0 Å². The molecular formula is C23H32N2O5S. The van der Waals surface area contributed by atoms with Gasteiger partial charge in [0, 0.05) is 12.3 Å². The lowest BCUT2D eigenvalue weighted by Crippen LogP contribution is -2.40. The minimum absolute atomic E-state index is 0.0853. The summed E-state index contributed by atoms with van der Waals surface area (Å²) >= 11 is 0. The molecule has 0 radical (unpaired) electrons. The molecule has 1 heterocycles. The van der Waals surface area contributed by atoms with E-state index in [0.29, 0.717) is 31.6 Å².